The molecular weight excluding hydrogens is 312 g/mol. The van der Waals surface area contributed by atoms with Crippen molar-refractivity contribution in [2.75, 3.05) is 0 Å². The van der Waals surface area contributed by atoms with Crippen molar-refractivity contribution in [3.8, 4) is 0 Å². The van der Waals surface area contributed by atoms with Crippen LogP contribution in [0.5, 0.6) is 0 Å². The lowest BCUT2D eigenvalue weighted by Crippen LogP contribution is -2.50. The molecule has 1 N–H and O–H groups in total. The molecule has 6 heteroatoms. The summed E-state index contributed by atoms with van der Waals surface area (Å²) >= 11 is 0. The molecule has 2 fully saturated rings. The van der Waals surface area contributed by atoms with Crippen molar-refractivity contribution in [1.29, 1.82) is 0 Å². The molecule has 0 aromatic rings. The average Bonchev–Trinajstić information content (AvgIpc) is 3.08. The third-order valence-corrected chi connectivity index (χ3v) is 5.65. The van der Waals surface area contributed by atoms with Gasteiger partial charge >= 0.3 is 11.9 Å². The highest BCUT2D eigenvalue weighted by Gasteiger charge is 2.68. The topological polar surface area (TPSA) is 85.4 Å². The Morgan fingerprint density at radius 3 is 2.83 bits per heavy atom. The number of rotatable bonds is 2. The monoisotopic (exact) mass is 338 g/mol. The zero-order chi connectivity index (χ0) is 17.7. The van der Waals surface area contributed by atoms with Crippen molar-refractivity contribution in [1.82, 2.24) is 0 Å². The van der Waals surface area contributed by atoms with Gasteiger partial charge < -0.3 is 19.3 Å². The maximum absolute atomic E-state index is 12.4. The van der Waals surface area contributed by atoms with Gasteiger partial charge in [-0.3, -0.25) is 4.79 Å². The first-order valence-corrected chi connectivity index (χ1v) is 8.65. The van der Waals surface area contributed by atoms with E-state index in [4.69, 9.17) is 14.2 Å². The Labute approximate surface area is 142 Å². The molecule has 1 aliphatic carbocycles. The van der Waals surface area contributed by atoms with Gasteiger partial charge in [-0.05, 0) is 33.1 Å². The molecule has 0 amide bonds. The van der Waals surface area contributed by atoms with Crippen LogP contribution in [0.25, 0.3) is 0 Å². The van der Waals surface area contributed by atoms with Gasteiger partial charge in [0.2, 0.25) is 0 Å². The molecule has 0 bridgehead atoms. The van der Waals surface area contributed by atoms with Crippen molar-refractivity contribution >= 4 is 11.9 Å². The number of esters is 2. The number of aliphatic hydroxyl groups is 1. The highest BCUT2D eigenvalue weighted by Crippen LogP contribution is 2.52. The number of allylic oxidation sites excluding steroid dienone is 1. The van der Waals surface area contributed by atoms with Crippen LogP contribution in [0.15, 0.2) is 11.6 Å². The van der Waals surface area contributed by atoms with Gasteiger partial charge in [-0.1, -0.05) is 18.6 Å². The third-order valence-electron chi connectivity index (χ3n) is 5.65. The fourth-order valence-electron chi connectivity index (χ4n) is 4.19. The second kappa shape index (κ2) is 5.85. The van der Waals surface area contributed by atoms with E-state index in [-0.39, 0.29) is 18.1 Å². The number of epoxide rings is 1. The Bertz CT molecular complexity index is 584. The Balaban J connectivity index is 2.03. The second-order valence-corrected chi connectivity index (χ2v) is 7.47. The lowest BCUT2D eigenvalue weighted by Gasteiger charge is -2.33. The van der Waals surface area contributed by atoms with Crippen molar-refractivity contribution < 1.29 is 28.9 Å². The first-order chi connectivity index (χ1) is 11.2. The van der Waals surface area contributed by atoms with Crippen LogP contribution in [0.3, 0.4) is 0 Å². The molecule has 134 valence electrons. The van der Waals surface area contributed by atoms with Crippen LogP contribution in [0.4, 0.5) is 0 Å². The van der Waals surface area contributed by atoms with Gasteiger partial charge in [0.25, 0.3) is 0 Å². The summed E-state index contributed by atoms with van der Waals surface area (Å²) in [6.45, 7) is 7.05. The molecule has 0 unspecified atom stereocenters. The molecule has 24 heavy (non-hydrogen) atoms. The molecule has 6 nitrogen and oxygen atoms in total. The molecule has 6 atom stereocenters. The van der Waals surface area contributed by atoms with Crippen molar-refractivity contribution in [2.24, 2.45) is 5.92 Å². The van der Waals surface area contributed by atoms with E-state index in [0.29, 0.717) is 6.42 Å². The van der Waals surface area contributed by atoms with E-state index in [2.05, 4.69) is 6.08 Å². The fraction of sp³-hybridized carbons (Fsp3) is 0.778. The summed E-state index contributed by atoms with van der Waals surface area (Å²) in [6.07, 6.45) is 3.00. The predicted molar refractivity (Wildman–Crippen MR) is 85.1 cm³/mol. The molecule has 0 radical (unpaired) electrons. The van der Waals surface area contributed by atoms with Gasteiger partial charge in [0.05, 0.1) is 11.5 Å². The van der Waals surface area contributed by atoms with E-state index in [1.807, 2.05) is 13.8 Å². The van der Waals surface area contributed by atoms with Gasteiger partial charge in [0, 0.05) is 13.3 Å². The molecule has 0 aromatic heterocycles. The van der Waals surface area contributed by atoms with Gasteiger partial charge in [0.1, 0.15) is 18.3 Å². The minimum absolute atomic E-state index is 0.205. The van der Waals surface area contributed by atoms with Crippen LogP contribution < -0.4 is 0 Å². The Kier molecular flexibility index (Phi) is 4.24. The molecule has 2 saturated heterocycles. The highest BCUT2D eigenvalue weighted by atomic mass is 16.7. The van der Waals surface area contributed by atoms with Crippen LogP contribution >= 0.6 is 0 Å². The molecule has 2 aliphatic heterocycles. The smallest absolute Gasteiger partial charge is 0.339 e. The SMILES string of the molecule is CC[C@]1(O)C(=O)O[C@H]2[C@H]1[C@H](OC(C)=O)C/C(C)=C/CC[C@@]1(C)O[C@H]21. The van der Waals surface area contributed by atoms with Crippen molar-refractivity contribution in [2.45, 2.75) is 82.9 Å². The Hall–Kier alpha value is -1.40. The fourth-order valence-corrected chi connectivity index (χ4v) is 4.19. The molecular formula is C18H26O6. The minimum Gasteiger partial charge on any atom is -0.462 e. The zero-order valence-corrected chi connectivity index (χ0v) is 14.7. The van der Waals surface area contributed by atoms with Gasteiger partial charge in [-0.2, -0.15) is 0 Å². The third kappa shape index (κ3) is 2.75. The first kappa shape index (κ1) is 17.4. The van der Waals surface area contributed by atoms with E-state index in [9.17, 15) is 14.7 Å². The number of ether oxygens (including phenoxy) is 3. The molecule has 0 saturated carbocycles. The summed E-state index contributed by atoms with van der Waals surface area (Å²) in [5.41, 5.74) is -0.950. The summed E-state index contributed by atoms with van der Waals surface area (Å²) in [5, 5.41) is 11.0. The van der Waals surface area contributed by atoms with E-state index < -0.39 is 35.7 Å². The van der Waals surface area contributed by atoms with E-state index >= 15 is 0 Å². The van der Waals surface area contributed by atoms with Crippen LogP contribution in [0.1, 0.15) is 53.4 Å². The molecule has 3 rings (SSSR count). The quantitative estimate of drug-likeness (QED) is 0.470. The highest BCUT2D eigenvalue weighted by molar-refractivity contribution is 5.82. The van der Waals surface area contributed by atoms with Crippen LogP contribution in [0, 0.1) is 5.92 Å². The normalized spacial score (nSPS) is 46.9. The number of carbonyl (C=O) groups is 2. The number of hydrogen-bond donors (Lipinski definition) is 1. The van der Waals surface area contributed by atoms with Gasteiger partial charge in [-0.25, -0.2) is 4.79 Å². The van der Waals surface area contributed by atoms with E-state index in [1.54, 1.807) is 6.92 Å². The first-order valence-electron chi connectivity index (χ1n) is 8.65. The maximum atomic E-state index is 12.4. The number of hydrogen-bond acceptors (Lipinski definition) is 6. The molecule has 0 spiro atoms. The Morgan fingerprint density at radius 2 is 2.21 bits per heavy atom. The lowest BCUT2D eigenvalue weighted by atomic mass is 9.75. The molecule has 3 aliphatic rings. The number of carbonyl (C=O) groups excluding carboxylic acids is 2. The number of fused-ring (bicyclic) bond motifs is 3. The second-order valence-electron chi connectivity index (χ2n) is 7.47. The van der Waals surface area contributed by atoms with Crippen molar-refractivity contribution in [3.05, 3.63) is 11.6 Å². The largest absolute Gasteiger partial charge is 0.462 e. The Morgan fingerprint density at radius 1 is 1.50 bits per heavy atom. The minimum atomic E-state index is -1.66. The lowest BCUT2D eigenvalue weighted by molar-refractivity contribution is -0.162. The zero-order valence-electron chi connectivity index (χ0n) is 14.7. The standard InChI is InChI=1S/C18H26O6/c1-5-18(21)13-12(22-11(3)19)9-10(2)7-6-8-17(4)15(24-17)14(13)23-16(18)20/h7,12-15,21H,5-6,8-9H2,1-4H3/b10-7+/t12-,13-,14+,15-,17-,18-/m1/s1. The van der Waals surface area contributed by atoms with Gasteiger partial charge in [-0.15, -0.1) is 0 Å². The summed E-state index contributed by atoms with van der Waals surface area (Å²) in [6, 6.07) is 0. The van der Waals surface area contributed by atoms with Crippen LogP contribution in [0.2, 0.25) is 0 Å². The summed E-state index contributed by atoms with van der Waals surface area (Å²) in [4.78, 5) is 24.0. The summed E-state index contributed by atoms with van der Waals surface area (Å²) in [7, 11) is 0. The van der Waals surface area contributed by atoms with Crippen molar-refractivity contribution in [3.63, 3.8) is 0 Å². The molecule has 2 heterocycles. The predicted octanol–water partition coefficient (Wildman–Crippen LogP) is 1.89. The van der Waals surface area contributed by atoms with Gasteiger partial charge in [0.15, 0.2) is 5.60 Å². The van der Waals surface area contributed by atoms with E-state index in [1.165, 1.54) is 6.92 Å². The summed E-state index contributed by atoms with van der Waals surface area (Å²) < 4.78 is 16.9. The summed E-state index contributed by atoms with van der Waals surface area (Å²) in [5.74, 6) is -1.70. The molecule has 0 aromatic carbocycles. The van der Waals surface area contributed by atoms with Crippen LogP contribution in [-0.2, 0) is 23.8 Å². The van der Waals surface area contributed by atoms with E-state index in [0.717, 1.165) is 18.4 Å². The van der Waals surface area contributed by atoms with Crippen LogP contribution in [-0.4, -0.2) is 46.6 Å². The average molecular weight is 338 g/mol. The maximum Gasteiger partial charge on any atom is 0.339 e.